The minimum Gasteiger partial charge on any atom is -0.475 e. The number of carboxylic acids is 1. The highest BCUT2D eigenvalue weighted by Crippen LogP contribution is 2.27. The molecule has 0 spiro atoms. The molecule has 170 valence electrons. The van der Waals surface area contributed by atoms with E-state index in [2.05, 4.69) is 10.2 Å². The molecular weight excluding hydrogens is 437 g/mol. The number of carbonyl (C=O) groups is 1. The molecule has 0 saturated carbocycles. The molecule has 1 fully saturated rings. The number of nitrogens with one attached hydrogen (secondary N) is 1. The van der Waals surface area contributed by atoms with Gasteiger partial charge in [0.15, 0.2) is 0 Å². The summed E-state index contributed by atoms with van der Waals surface area (Å²) in [5.74, 6) is -1.23. The van der Waals surface area contributed by atoms with Gasteiger partial charge in [0.2, 0.25) is 0 Å². The first-order valence-corrected chi connectivity index (χ1v) is 9.84. The van der Waals surface area contributed by atoms with Crippen LogP contribution in [0.25, 0.3) is 0 Å². The van der Waals surface area contributed by atoms with E-state index in [0.29, 0.717) is 17.6 Å². The van der Waals surface area contributed by atoms with E-state index in [1.807, 2.05) is 55.6 Å². The molecule has 2 atom stereocenters. The van der Waals surface area contributed by atoms with Gasteiger partial charge < -0.3 is 20.3 Å². The number of carboxylic acid groups (broad SMARTS) is 1. The van der Waals surface area contributed by atoms with Gasteiger partial charge >= 0.3 is 12.1 Å². The molecule has 1 aliphatic rings. The highest BCUT2D eigenvalue weighted by molar-refractivity contribution is 6.31. The van der Waals surface area contributed by atoms with Crippen LogP contribution in [0.2, 0.25) is 5.02 Å². The topological polar surface area (TPSA) is 82.0 Å². The third kappa shape index (κ3) is 8.37. The first kappa shape index (κ1) is 24.9. The van der Waals surface area contributed by atoms with Crippen molar-refractivity contribution in [3.63, 3.8) is 0 Å². The molecule has 2 aromatic carbocycles. The zero-order valence-electron chi connectivity index (χ0n) is 16.8. The van der Waals surface area contributed by atoms with E-state index in [0.717, 1.165) is 36.6 Å². The van der Waals surface area contributed by atoms with Gasteiger partial charge in [-0.3, -0.25) is 4.90 Å². The lowest BCUT2D eigenvalue weighted by atomic mass is 10.2. The number of benzene rings is 2. The Labute approximate surface area is 183 Å². The number of β-amino-alcohol motifs (C(OH)–C–C–N with tert-alkyl or cyclic N) is 1. The summed E-state index contributed by atoms with van der Waals surface area (Å²) >= 11 is 6.37. The molecule has 0 bridgehead atoms. The summed E-state index contributed by atoms with van der Waals surface area (Å²) in [6.45, 7) is 2.29. The number of likely N-dealkylation sites (tertiary alicyclic amines) is 1. The molecule has 3 N–H and O–H groups in total. The summed E-state index contributed by atoms with van der Waals surface area (Å²) in [4.78, 5) is 11.1. The number of hydrogen-bond donors (Lipinski definition) is 3. The van der Waals surface area contributed by atoms with E-state index in [1.165, 1.54) is 0 Å². The Hall–Kier alpha value is -2.33. The van der Waals surface area contributed by atoms with Gasteiger partial charge in [0.1, 0.15) is 11.5 Å². The fraction of sp³-hybridized carbons (Fsp3) is 0.381. The second-order valence-corrected chi connectivity index (χ2v) is 7.49. The number of aliphatic carboxylic acids is 1. The minimum atomic E-state index is -5.08. The quantitative estimate of drug-likeness (QED) is 0.606. The fourth-order valence-corrected chi connectivity index (χ4v) is 3.26. The van der Waals surface area contributed by atoms with Gasteiger partial charge in [-0.15, -0.1) is 0 Å². The fourth-order valence-electron chi connectivity index (χ4n) is 3.02. The van der Waals surface area contributed by atoms with Gasteiger partial charge in [-0.25, -0.2) is 4.79 Å². The van der Waals surface area contributed by atoms with Gasteiger partial charge in [0.05, 0.1) is 6.10 Å². The molecule has 1 aliphatic heterocycles. The van der Waals surface area contributed by atoms with Crippen LogP contribution in [-0.4, -0.2) is 59.5 Å². The molecule has 6 nitrogen and oxygen atoms in total. The van der Waals surface area contributed by atoms with Crippen molar-refractivity contribution in [1.29, 1.82) is 0 Å². The van der Waals surface area contributed by atoms with Crippen molar-refractivity contribution >= 4 is 17.6 Å². The average Bonchev–Trinajstić information content (AvgIpc) is 3.01. The molecule has 0 radical (unpaired) electrons. The molecule has 0 aromatic heterocycles. The average molecular weight is 461 g/mol. The molecule has 10 heteroatoms. The molecule has 1 saturated heterocycles. The predicted octanol–water partition coefficient (Wildman–Crippen LogP) is 3.92. The number of nitrogens with zero attached hydrogens (tertiary/aromatic N) is 1. The van der Waals surface area contributed by atoms with Crippen LogP contribution < -0.4 is 10.1 Å². The third-order valence-corrected chi connectivity index (χ3v) is 4.96. The highest BCUT2D eigenvalue weighted by Gasteiger charge is 2.38. The monoisotopic (exact) mass is 460 g/mol. The van der Waals surface area contributed by atoms with Crippen LogP contribution in [0.5, 0.6) is 11.5 Å². The van der Waals surface area contributed by atoms with Gasteiger partial charge in [-0.05, 0) is 43.3 Å². The standard InChI is InChI=1S/C19H23ClN2O2.C2HF3O2/c1-22-13-16(23)9-15(22)12-21-11-14-7-8-18(10-19(14)20)24-17-5-3-2-4-6-17;3-2(4,5)1(6)7/h2-8,10,15-16,21,23H,9,11-13H2,1H3;(H,6,7). The van der Waals surface area contributed by atoms with Gasteiger partial charge in [0.25, 0.3) is 0 Å². The number of rotatable bonds is 6. The maximum absolute atomic E-state index is 10.6. The van der Waals surface area contributed by atoms with Crippen LogP contribution in [0, 0.1) is 0 Å². The normalized spacial score (nSPS) is 18.9. The second kappa shape index (κ2) is 11.3. The first-order valence-electron chi connectivity index (χ1n) is 9.46. The largest absolute Gasteiger partial charge is 0.490 e. The molecule has 2 aromatic rings. The molecule has 3 rings (SSSR count). The van der Waals surface area contributed by atoms with E-state index in [1.54, 1.807) is 0 Å². The lowest BCUT2D eigenvalue weighted by molar-refractivity contribution is -0.192. The minimum absolute atomic E-state index is 0.209. The van der Waals surface area contributed by atoms with Crippen LogP contribution in [0.1, 0.15) is 12.0 Å². The first-order chi connectivity index (χ1) is 14.6. The van der Waals surface area contributed by atoms with Crippen LogP contribution in [0.15, 0.2) is 48.5 Å². The van der Waals surface area contributed by atoms with Crippen LogP contribution in [0.4, 0.5) is 13.2 Å². The number of ether oxygens (including phenoxy) is 1. The van der Waals surface area contributed by atoms with Crippen molar-refractivity contribution < 1.29 is 32.9 Å². The number of likely N-dealkylation sites (N-methyl/N-ethyl adjacent to an activating group) is 1. The lowest BCUT2D eigenvalue weighted by Gasteiger charge is -2.19. The van der Waals surface area contributed by atoms with Gasteiger partial charge in [-0.1, -0.05) is 35.9 Å². The van der Waals surface area contributed by atoms with E-state index >= 15 is 0 Å². The molecule has 0 amide bonds. The maximum Gasteiger partial charge on any atom is 0.490 e. The third-order valence-electron chi connectivity index (χ3n) is 4.61. The summed E-state index contributed by atoms with van der Waals surface area (Å²) in [6, 6.07) is 15.8. The van der Waals surface area contributed by atoms with Crippen molar-refractivity contribution in [2.24, 2.45) is 0 Å². The number of aliphatic hydroxyl groups excluding tert-OH is 1. The second-order valence-electron chi connectivity index (χ2n) is 7.09. The molecule has 0 aliphatic carbocycles. The van der Waals surface area contributed by atoms with Crippen LogP contribution in [-0.2, 0) is 11.3 Å². The summed E-state index contributed by atoms with van der Waals surface area (Å²) in [7, 11) is 2.05. The Morgan fingerprint density at radius 3 is 2.39 bits per heavy atom. The summed E-state index contributed by atoms with van der Waals surface area (Å²) in [5, 5.41) is 20.9. The zero-order valence-corrected chi connectivity index (χ0v) is 17.5. The number of halogens is 4. The van der Waals surface area contributed by atoms with Gasteiger partial charge in [0, 0.05) is 30.7 Å². The van der Waals surface area contributed by atoms with Crippen molar-refractivity contribution in [2.75, 3.05) is 20.1 Å². The number of aliphatic hydroxyl groups is 1. The zero-order chi connectivity index (χ0) is 23.0. The smallest absolute Gasteiger partial charge is 0.475 e. The predicted molar refractivity (Wildman–Crippen MR) is 110 cm³/mol. The van der Waals surface area contributed by atoms with E-state index in [9.17, 15) is 18.3 Å². The Kier molecular flexibility index (Phi) is 9.12. The number of hydrogen-bond acceptors (Lipinski definition) is 5. The molecule has 31 heavy (non-hydrogen) atoms. The van der Waals surface area contributed by atoms with Gasteiger partial charge in [-0.2, -0.15) is 13.2 Å². The van der Waals surface area contributed by atoms with Crippen LogP contribution in [0.3, 0.4) is 0 Å². The SMILES string of the molecule is CN1CC(O)CC1CNCc1ccc(Oc2ccccc2)cc1Cl.O=C(O)C(F)(F)F. The highest BCUT2D eigenvalue weighted by atomic mass is 35.5. The summed E-state index contributed by atoms with van der Waals surface area (Å²) in [6.07, 6.45) is -4.47. The van der Waals surface area contributed by atoms with Crippen molar-refractivity contribution in [3.05, 3.63) is 59.1 Å². The Balaban J connectivity index is 0.000000423. The van der Waals surface area contributed by atoms with Crippen LogP contribution >= 0.6 is 11.6 Å². The van der Waals surface area contributed by atoms with E-state index < -0.39 is 12.1 Å². The van der Waals surface area contributed by atoms with Crippen molar-refractivity contribution in [3.8, 4) is 11.5 Å². The Bertz CT molecular complexity index is 852. The van der Waals surface area contributed by atoms with E-state index in [-0.39, 0.29) is 6.10 Å². The Morgan fingerprint density at radius 1 is 1.23 bits per heavy atom. The summed E-state index contributed by atoms with van der Waals surface area (Å²) < 4.78 is 37.5. The maximum atomic E-state index is 10.6. The molecule has 1 heterocycles. The summed E-state index contributed by atoms with van der Waals surface area (Å²) in [5.41, 5.74) is 1.04. The molecular formula is C21H24ClF3N2O4. The number of para-hydroxylation sites is 1. The van der Waals surface area contributed by atoms with Crippen molar-refractivity contribution in [2.45, 2.75) is 31.3 Å². The Morgan fingerprint density at radius 2 is 1.87 bits per heavy atom. The molecule has 2 unspecified atom stereocenters. The van der Waals surface area contributed by atoms with E-state index in [4.69, 9.17) is 26.2 Å². The number of alkyl halides is 3. The van der Waals surface area contributed by atoms with Crippen molar-refractivity contribution in [1.82, 2.24) is 10.2 Å². The lowest BCUT2D eigenvalue weighted by Crippen LogP contribution is -2.35.